The molecule has 1 aromatic heterocycles. The summed E-state index contributed by atoms with van der Waals surface area (Å²) < 4.78 is 13.0. The maximum Gasteiger partial charge on any atom is 0.141 e. The Morgan fingerprint density at radius 3 is 2.78 bits per heavy atom. The highest BCUT2D eigenvalue weighted by Gasteiger charge is 1.95. The van der Waals surface area contributed by atoms with Gasteiger partial charge in [-0.05, 0) is 34.5 Å². The first-order chi connectivity index (χ1) is 4.20. The summed E-state index contributed by atoms with van der Waals surface area (Å²) in [5.74, 6) is -0.296. The standard InChI is InChI=1S/C6H5BrFN/c1-4-2-5(8)3-9-6(4)7/h2-3H,1H3. The molecule has 0 bridgehead atoms. The van der Waals surface area contributed by atoms with Crippen LogP contribution in [0.4, 0.5) is 4.39 Å². The quantitative estimate of drug-likeness (QED) is 0.572. The fraction of sp³-hybridized carbons (Fsp3) is 0.167. The molecule has 9 heavy (non-hydrogen) atoms. The van der Waals surface area contributed by atoms with Gasteiger partial charge in [0, 0.05) is 0 Å². The molecule has 0 amide bonds. The van der Waals surface area contributed by atoms with Crippen LogP contribution in [-0.2, 0) is 0 Å². The molecule has 0 aliphatic rings. The van der Waals surface area contributed by atoms with Gasteiger partial charge in [-0.1, -0.05) is 0 Å². The summed E-state index contributed by atoms with van der Waals surface area (Å²) in [6, 6.07) is 1.43. The van der Waals surface area contributed by atoms with E-state index in [-0.39, 0.29) is 5.82 Å². The van der Waals surface area contributed by atoms with Crippen LogP contribution in [0.25, 0.3) is 0 Å². The molecule has 0 N–H and O–H groups in total. The van der Waals surface area contributed by atoms with Gasteiger partial charge in [0.2, 0.25) is 0 Å². The fourth-order valence-corrected chi connectivity index (χ4v) is 0.741. The molecule has 0 spiro atoms. The Morgan fingerprint density at radius 1 is 1.67 bits per heavy atom. The predicted octanol–water partition coefficient (Wildman–Crippen LogP) is 2.29. The van der Waals surface area contributed by atoms with Crippen molar-refractivity contribution in [3.8, 4) is 0 Å². The lowest BCUT2D eigenvalue weighted by Gasteiger charge is -1.93. The van der Waals surface area contributed by atoms with Gasteiger partial charge in [0.15, 0.2) is 0 Å². The van der Waals surface area contributed by atoms with Crippen molar-refractivity contribution >= 4 is 15.9 Å². The van der Waals surface area contributed by atoms with Crippen molar-refractivity contribution in [2.75, 3.05) is 0 Å². The number of aromatic nitrogens is 1. The van der Waals surface area contributed by atoms with Crippen molar-refractivity contribution in [1.29, 1.82) is 0 Å². The van der Waals surface area contributed by atoms with Crippen molar-refractivity contribution in [1.82, 2.24) is 4.98 Å². The van der Waals surface area contributed by atoms with Gasteiger partial charge in [-0.3, -0.25) is 0 Å². The fourth-order valence-electron chi connectivity index (χ4n) is 0.524. The van der Waals surface area contributed by atoms with Crippen LogP contribution < -0.4 is 0 Å². The molecule has 0 aliphatic carbocycles. The molecule has 0 aliphatic heterocycles. The van der Waals surface area contributed by atoms with E-state index in [9.17, 15) is 4.39 Å². The maximum absolute atomic E-state index is 12.3. The Morgan fingerprint density at radius 2 is 2.33 bits per heavy atom. The molecule has 0 saturated carbocycles. The lowest BCUT2D eigenvalue weighted by Crippen LogP contribution is -1.82. The Balaban J connectivity index is 3.17. The topological polar surface area (TPSA) is 12.9 Å². The molecule has 0 saturated heterocycles. The molecule has 0 fully saturated rings. The molecule has 48 valence electrons. The zero-order valence-electron chi connectivity index (χ0n) is 4.86. The van der Waals surface area contributed by atoms with Crippen LogP contribution in [0.5, 0.6) is 0 Å². The van der Waals surface area contributed by atoms with E-state index < -0.39 is 0 Å². The first-order valence-corrected chi connectivity index (χ1v) is 3.27. The van der Waals surface area contributed by atoms with E-state index >= 15 is 0 Å². The van der Waals surface area contributed by atoms with Gasteiger partial charge in [0.1, 0.15) is 10.4 Å². The van der Waals surface area contributed by atoms with Gasteiger partial charge in [-0.15, -0.1) is 0 Å². The second-order valence-corrected chi connectivity index (χ2v) is 2.51. The summed E-state index contributed by atoms with van der Waals surface area (Å²) in [5.41, 5.74) is 0.815. The monoisotopic (exact) mass is 189 g/mol. The van der Waals surface area contributed by atoms with E-state index in [2.05, 4.69) is 20.9 Å². The second kappa shape index (κ2) is 2.43. The summed E-state index contributed by atoms with van der Waals surface area (Å²) in [4.78, 5) is 3.72. The minimum absolute atomic E-state index is 0.296. The summed E-state index contributed by atoms with van der Waals surface area (Å²) in [6.07, 6.45) is 1.18. The van der Waals surface area contributed by atoms with Gasteiger partial charge in [0.05, 0.1) is 6.20 Å². The van der Waals surface area contributed by atoms with Gasteiger partial charge in [-0.2, -0.15) is 0 Å². The molecular formula is C6H5BrFN. The smallest absolute Gasteiger partial charge is 0.141 e. The van der Waals surface area contributed by atoms with E-state index in [0.717, 1.165) is 5.56 Å². The molecule has 1 nitrogen and oxygen atoms in total. The van der Waals surface area contributed by atoms with E-state index in [4.69, 9.17) is 0 Å². The molecule has 0 radical (unpaired) electrons. The third-order valence-electron chi connectivity index (χ3n) is 0.981. The number of halogens is 2. The maximum atomic E-state index is 12.3. The highest BCUT2D eigenvalue weighted by Crippen LogP contribution is 2.11. The number of nitrogens with zero attached hydrogens (tertiary/aromatic N) is 1. The van der Waals surface area contributed by atoms with Crippen LogP contribution in [0.2, 0.25) is 0 Å². The van der Waals surface area contributed by atoms with E-state index in [1.165, 1.54) is 12.3 Å². The summed E-state index contributed by atoms with van der Waals surface area (Å²) >= 11 is 3.15. The van der Waals surface area contributed by atoms with Gasteiger partial charge < -0.3 is 0 Å². The van der Waals surface area contributed by atoms with Gasteiger partial charge in [0.25, 0.3) is 0 Å². The zero-order chi connectivity index (χ0) is 6.85. The Hall–Kier alpha value is -0.440. The molecule has 0 atom stereocenters. The Labute approximate surface area is 61.0 Å². The van der Waals surface area contributed by atoms with Gasteiger partial charge in [-0.25, -0.2) is 9.37 Å². The van der Waals surface area contributed by atoms with E-state index in [1.807, 2.05) is 0 Å². The van der Waals surface area contributed by atoms with Crippen LogP contribution in [0, 0.1) is 12.7 Å². The van der Waals surface area contributed by atoms with Crippen molar-refractivity contribution < 1.29 is 4.39 Å². The first kappa shape index (κ1) is 6.68. The molecule has 3 heteroatoms. The number of hydrogen-bond donors (Lipinski definition) is 0. The first-order valence-electron chi connectivity index (χ1n) is 2.48. The van der Waals surface area contributed by atoms with Crippen molar-refractivity contribution in [2.45, 2.75) is 6.92 Å². The summed E-state index contributed by atoms with van der Waals surface area (Å²) in [7, 11) is 0. The largest absolute Gasteiger partial charge is 0.246 e. The lowest BCUT2D eigenvalue weighted by molar-refractivity contribution is 0.619. The average molecular weight is 190 g/mol. The predicted molar refractivity (Wildman–Crippen MR) is 36.6 cm³/mol. The SMILES string of the molecule is Cc1cc(F)cnc1Br. The molecule has 0 unspecified atom stereocenters. The van der Waals surface area contributed by atoms with Crippen LogP contribution in [-0.4, -0.2) is 4.98 Å². The Kier molecular flexibility index (Phi) is 1.81. The van der Waals surface area contributed by atoms with E-state index in [0.29, 0.717) is 4.60 Å². The minimum atomic E-state index is -0.296. The van der Waals surface area contributed by atoms with E-state index in [1.54, 1.807) is 6.92 Å². The minimum Gasteiger partial charge on any atom is -0.246 e. The number of pyridine rings is 1. The number of hydrogen-bond acceptors (Lipinski definition) is 1. The van der Waals surface area contributed by atoms with Crippen LogP contribution in [0.1, 0.15) is 5.56 Å². The Bertz CT molecular complexity index is 224. The third kappa shape index (κ3) is 1.48. The summed E-state index contributed by atoms with van der Waals surface area (Å²) in [5, 5.41) is 0. The van der Waals surface area contributed by atoms with Gasteiger partial charge >= 0.3 is 0 Å². The highest BCUT2D eigenvalue weighted by atomic mass is 79.9. The van der Waals surface area contributed by atoms with Crippen molar-refractivity contribution in [3.05, 3.63) is 28.2 Å². The zero-order valence-corrected chi connectivity index (χ0v) is 6.44. The molecule has 0 aromatic carbocycles. The summed E-state index contributed by atoms with van der Waals surface area (Å²) in [6.45, 7) is 1.79. The molecule has 1 rings (SSSR count). The molecule has 1 aromatic rings. The molecular weight excluding hydrogens is 185 g/mol. The lowest BCUT2D eigenvalue weighted by atomic mass is 10.3. The van der Waals surface area contributed by atoms with Crippen LogP contribution in [0.3, 0.4) is 0 Å². The average Bonchev–Trinajstić information content (AvgIpc) is 1.80. The van der Waals surface area contributed by atoms with Crippen LogP contribution >= 0.6 is 15.9 Å². The highest BCUT2D eigenvalue weighted by molar-refractivity contribution is 9.10. The van der Waals surface area contributed by atoms with Crippen molar-refractivity contribution in [2.24, 2.45) is 0 Å². The number of aryl methyl sites for hydroxylation is 1. The normalized spacial score (nSPS) is 9.67. The number of rotatable bonds is 0. The third-order valence-corrected chi connectivity index (χ3v) is 1.81. The van der Waals surface area contributed by atoms with Crippen LogP contribution in [0.15, 0.2) is 16.9 Å². The molecule has 1 heterocycles. The van der Waals surface area contributed by atoms with Crippen molar-refractivity contribution in [3.63, 3.8) is 0 Å². The second-order valence-electron chi connectivity index (χ2n) is 1.76.